The largest absolute Gasteiger partial charge is 0.389 e. The summed E-state index contributed by atoms with van der Waals surface area (Å²) >= 11 is 11.1. The van der Waals surface area contributed by atoms with Crippen LogP contribution in [0, 0.1) is 0 Å². The van der Waals surface area contributed by atoms with E-state index in [-0.39, 0.29) is 0 Å². The van der Waals surface area contributed by atoms with Crippen molar-refractivity contribution < 1.29 is 0 Å². The highest BCUT2D eigenvalue weighted by Gasteiger charge is 2.16. The maximum atomic E-state index is 5.99. The van der Waals surface area contributed by atoms with Crippen molar-refractivity contribution in [3.8, 4) is 0 Å². The number of anilines is 1. The van der Waals surface area contributed by atoms with Gasteiger partial charge in [-0.15, -0.1) is 0 Å². The fourth-order valence-corrected chi connectivity index (χ4v) is 2.96. The number of thiocarbonyl (C=S) groups is 1. The fraction of sp³-hybridized carbons (Fsp3) is 0.533. The molecule has 0 amide bonds. The predicted molar refractivity (Wildman–Crippen MR) is 90.7 cm³/mol. The standard InChI is InChI=1S/C15H22ClN3S/c1-11(19-7-3-2-4-8-19)10-18-14-6-5-12(16)9-13(14)15(17)20/h5-6,9,11,18H,2-4,7-8,10H2,1H3,(H2,17,20). The lowest BCUT2D eigenvalue weighted by atomic mass is 10.1. The monoisotopic (exact) mass is 311 g/mol. The number of hydrogen-bond acceptors (Lipinski definition) is 3. The van der Waals surface area contributed by atoms with Crippen LogP contribution in [0.5, 0.6) is 0 Å². The highest BCUT2D eigenvalue weighted by molar-refractivity contribution is 7.80. The van der Waals surface area contributed by atoms with Gasteiger partial charge in [-0.05, 0) is 51.1 Å². The van der Waals surface area contributed by atoms with Crippen LogP contribution in [-0.4, -0.2) is 35.6 Å². The smallest absolute Gasteiger partial charge is 0.106 e. The minimum absolute atomic E-state index is 0.376. The molecule has 1 atom stereocenters. The molecule has 3 nitrogen and oxygen atoms in total. The van der Waals surface area contributed by atoms with Crippen molar-refractivity contribution in [2.45, 2.75) is 32.2 Å². The lowest BCUT2D eigenvalue weighted by Crippen LogP contribution is -2.41. The molecule has 0 radical (unpaired) electrons. The van der Waals surface area contributed by atoms with Crippen LogP contribution in [0.3, 0.4) is 0 Å². The van der Waals surface area contributed by atoms with Gasteiger partial charge < -0.3 is 11.1 Å². The molecule has 5 heteroatoms. The van der Waals surface area contributed by atoms with E-state index < -0.39 is 0 Å². The molecular weight excluding hydrogens is 290 g/mol. The highest BCUT2D eigenvalue weighted by Crippen LogP contribution is 2.21. The molecule has 20 heavy (non-hydrogen) atoms. The third-order valence-corrected chi connectivity index (χ3v) is 4.30. The molecule has 3 N–H and O–H groups in total. The number of rotatable bonds is 5. The lowest BCUT2D eigenvalue weighted by molar-refractivity contribution is 0.180. The number of piperidine rings is 1. The number of benzene rings is 1. The molecule has 2 rings (SSSR count). The van der Waals surface area contributed by atoms with E-state index in [0.29, 0.717) is 16.1 Å². The van der Waals surface area contributed by atoms with Gasteiger partial charge in [-0.25, -0.2) is 0 Å². The third-order valence-electron chi connectivity index (χ3n) is 3.85. The molecule has 1 aromatic carbocycles. The molecule has 1 aliphatic heterocycles. The average molecular weight is 312 g/mol. The molecule has 0 aromatic heterocycles. The van der Waals surface area contributed by atoms with Gasteiger partial charge in [0.05, 0.1) is 0 Å². The first kappa shape index (κ1) is 15.5. The second-order valence-electron chi connectivity index (χ2n) is 5.38. The van der Waals surface area contributed by atoms with Gasteiger partial charge in [0.15, 0.2) is 0 Å². The van der Waals surface area contributed by atoms with E-state index in [0.717, 1.165) is 17.8 Å². The van der Waals surface area contributed by atoms with E-state index in [2.05, 4.69) is 17.1 Å². The number of nitrogens with one attached hydrogen (secondary N) is 1. The number of halogens is 1. The summed E-state index contributed by atoms with van der Waals surface area (Å²) in [5, 5.41) is 4.11. The Morgan fingerprint density at radius 1 is 1.40 bits per heavy atom. The van der Waals surface area contributed by atoms with Crippen molar-refractivity contribution >= 4 is 34.5 Å². The second kappa shape index (κ2) is 7.25. The molecule has 0 saturated carbocycles. The van der Waals surface area contributed by atoms with Crippen LogP contribution in [-0.2, 0) is 0 Å². The van der Waals surface area contributed by atoms with Gasteiger partial charge in [0.25, 0.3) is 0 Å². The Hall–Kier alpha value is -0.840. The molecule has 1 saturated heterocycles. The van der Waals surface area contributed by atoms with E-state index in [4.69, 9.17) is 29.6 Å². The summed E-state index contributed by atoms with van der Waals surface area (Å²) in [6, 6.07) is 6.12. The summed E-state index contributed by atoms with van der Waals surface area (Å²) in [4.78, 5) is 2.91. The van der Waals surface area contributed by atoms with E-state index in [1.807, 2.05) is 18.2 Å². The van der Waals surface area contributed by atoms with Gasteiger partial charge >= 0.3 is 0 Å². The maximum absolute atomic E-state index is 5.99. The van der Waals surface area contributed by atoms with Crippen molar-refractivity contribution in [1.82, 2.24) is 4.90 Å². The molecule has 0 bridgehead atoms. The second-order valence-corrected chi connectivity index (χ2v) is 6.26. The minimum atomic E-state index is 0.376. The van der Waals surface area contributed by atoms with Crippen LogP contribution in [0.25, 0.3) is 0 Å². The van der Waals surface area contributed by atoms with Gasteiger partial charge in [0.1, 0.15) is 4.99 Å². The molecule has 0 aliphatic carbocycles. The summed E-state index contributed by atoms with van der Waals surface area (Å²) in [6.45, 7) is 5.54. The predicted octanol–water partition coefficient (Wildman–Crippen LogP) is 3.26. The zero-order valence-electron chi connectivity index (χ0n) is 11.9. The summed E-state index contributed by atoms with van der Waals surface area (Å²) in [7, 11) is 0. The highest BCUT2D eigenvalue weighted by atomic mass is 35.5. The maximum Gasteiger partial charge on any atom is 0.106 e. The number of nitrogens with two attached hydrogens (primary N) is 1. The van der Waals surface area contributed by atoms with Gasteiger partial charge in [0, 0.05) is 28.9 Å². The van der Waals surface area contributed by atoms with Crippen LogP contribution >= 0.6 is 23.8 Å². The van der Waals surface area contributed by atoms with Crippen LogP contribution in [0.2, 0.25) is 5.02 Å². The summed E-state index contributed by atoms with van der Waals surface area (Å²) < 4.78 is 0. The van der Waals surface area contributed by atoms with E-state index >= 15 is 0 Å². The van der Waals surface area contributed by atoms with Crippen LogP contribution in [0.1, 0.15) is 31.7 Å². The molecular formula is C15H22ClN3S. The molecule has 110 valence electrons. The quantitative estimate of drug-likeness (QED) is 0.819. The van der Waals surface area contributed by atoms with Gasteiger partial charge in [-0.1, -0.05) is 30.2 Å². The molecule has 1 unspecified atom stereocenters. The first-order valence-corrected chi connectivity index (χ1v) is 7.94. The average Bonchev–Trinajstić information content (AvgIpc) is 2.46. The van der Waals surface area contributed by atoms with Crippen molar-refractivity contribution in [2.24, 2.45) is 5.73 Å². The topological polar surface area (TPSA) is 41.3 Å². The first-order chi connectivity index (χ1) is 9.58. The molecule has 1 heterocycles. The summed E-state index contributed by atoms with van der Waals surface area (Å²) in [5.41, 5.74) is 7.54. The Kier molecular flexibility index (Phi) is 5.64. The number of likely N-dealkylation sites (tertiary alicyclic amines) is 1. The molecule has 1 aromatic rings. The Labute approximate surface area is 131 Å². The Morgan fingerprint density at radius 2 is 2.10 bits per heavy atom. The molecule has 1 fully saturated rings. The Morgan fingerprint density at radius 3 is 2.75 bits per heavy atom. The van der Waals surface area contributed by atoms with Crippen molar-refractivity contribution in [1.29, 1.82) is 0 Å². The van der Waals surface area contributed by atoms with Gasteiger partial charge in [-0.2, -0.15) is 0 Å². The summed E-state index contributed by atoms with van der Waals surface area (Å²) in [5.74, 6) is 0. The molecule has 1 aliphatic rings. The minimum Gasteiger partial charge on any atom is -0.389 e. The van der Waals surface area contributed by atoms with E-state index in [1.165, 1.54) is 32.4 Å². The van der Waals surface area contributed by atoms with Crippen molar-refractivity contribution in [3.63, 3.8) is 0 Å². The lowest BCUT2D eigenvalue weighted by Gasteiger charge is -2.32. The van der Waals surface area contributed by atoms with Crippen LogP contribution < -0.4 is 11.1 Å². The zero-order chi connectivity index (χ0) is 14.5. The normalized spacial score (nSPS) is 17.7. The van der Waals surface area contributed by atoms with Crippen LogP contribution in [0.4, 0.5) is 5.69 Å². The Bertz CT molecular complexity index is 472. The number of nitrogens with zero attached hydrogens (tertiary/aromatic N) is 1. The van der Waals surface area contributed by atoms with Crippen LogP contribution in [0.15, 0.2) is 18.2 Å². The summed E-state index contributed by atoms with van der Waals surface area (Å²) in [6.07, 6.45) is 3.98. The van der Waals surface area contributed by atoms with Gasteiger partial charge in [-0.3, -0.25) is 4.90 Å². The molecule has 0 spiro atoms. The third kappa shape index (κ3) is 4.08. The van der Waals surface area contributed by atoms with E-state index in [9.17, 15) is 0 Å². The van der Waals surface area contributed by atoms with Crippen molar-refractivity contribution in [2.75, 3.05) is 25.0 Å². The van der Waals surface area contributed by atoms with Gasteiger partial charge in [0.2, 0.25) is 0 Å². The van der Waals surface area contributed by atoms with E-state index in [1.54, 1.807) is 0 Å². The fourth-order valence-electron chi connectivity index (χ4n) is 2.62. The first-order valence-electron chi connectivity index (χ1n) is 7.15. The van der Waals surface area contributed by atoms with Crippen molar-refractivity contribution in [3.05, 3.63) is 28.8 Å². The SMILES string of the molecule is CC(CNc1ccc(Cl)cc1C(N)=S)N1CCCCC1. The Balaban J connectivity index is 1.97. The number of hydrogen-bond donors (Lipinski definition) is 2. The zero-order valence-corrected chi connectivity index (χ0v) is 13.4.